The lowest BCUT2D eigenvalue weighted by Gasteiger charge is -2.11. The van der Waals surface area contributed by atoms with E-state index in [9.17, 15) is 14.9 Å². The molecule has 1 atom stereocenters. The van der Waals surface area contributed by atoms with Gasteiger partial charge in [0.25, 0.3) is 5.69 Å². The molecule has 1 heterocycles. The van der Waals surface area contributed by atoms with Gasteiger partial charge in [-0.1, -0.05) is 6.92 Å². The average molecular weight is 253 g/mol. The second-order valence-corrected chi connectivity index (χ2v) is 4.14. The van der Waals surface area contributed by atoms with Gasteiger partial charge >= 0.3 is 5.97 Å². The van der Waals surface area contributed by atoms with E-state index in [-0.39, 0.29) is 18.0 Å². The van der Waals surface area contributed by atoms with Crippen LogP contribution in [0.4, 0.5) is 11.5 Å². The van der Waals surface area contributed by atoms with E-state index in [2.05, 4.69) is 10.3 Å². The predicted octanol–water partition coefficient (Wildman–Crippen LogP) is 1.82. The summed E-state index contributed by atoms with van der Waals surface area (Å²) in [6, 6.07) is 2.89. The third kappa shape index (κ3) is 4.00. The number of pyridine rings is 1. The molecule has 98 valence electrons. The van der Waals surface area contributed by atoms with Gasteiger partial charge < -0.3 is 10.4 Å². The minimum atomic E-state index is -0.850. The van der Waals surface area contributed by atoms with Crippen molar-refractivity contribution in [2.45, 2.75) is 20.3 Å². The Hall–Kier alpha value is -2.18. The summed E-state index contributed by atoms with van der Waals surface area (Å²) in [4.78, 5) is 24.6. The van der Waals surface area contributed by atoms with Crippen LogP contribution in [-0.4, -0.2) is 27.5 Å². The molecule has 0 aromatic carbocycles. The van der Waals surface area contributed by atoms with Gasteiger partial charge in [0.05, 0.1) is 4.92 Å². The molecule has 0 aliphatic carbocycles. The highest BCUT2D eigenvalue weighted by Crippen LogP contribution is 2.18. The number of rotatable bonds is 6. The molecule has 0 amide bonds. The van der Waals surface area contributed by atoms with Gasteiger partial charge in [0.1, 0.15) is 11.5 Å². The lowest BCUT2D eigenvalue weighted by molar-refractivity contribution is -0.385. The standard InChI is InChI=1S/C11H15N3O4/c1-7(5-11(15)16)6-12-10-4-3-9(14(17)18)8(2)13-10/h3-4,7H,5-6H2,1-2H3,(H,12,13)(H,15,16). The fraction of sp³-hybridized carbons (Fsp3) is 0.455. The summed E-state index contributed by atoms with van der Waals surface area (Å²) in [5.41, 5.74) is 0.301. The van der Waals surface area contributed by atoms with E-state index in [1.165, 1.54) is 12.1 Å². The Bertz CT molecular complexity index is 462. The summed E-state index contributed by atoms with van der Waals surface area (Å²) in [6.07, 6.45) is 0.0684. The number of carboxylic acids is 1. The summed E-state index contributed by atoms with van der Waals surface area (Å²) in [5, 5.41) is 22.2. The number of hydrogen-bond acceptors (Lipinski definition) is 5. The van der Waals surface area contributed by atoms with E-state index in [1.807, 2.05) is 0 Å². The lowest BCUT2D eigenvalue weighted by atomic mass is 10.1. The molecule has 1 aromatic heterocycles. The predicted molar refractivity (Wildman–Crippen MR) is 65.5 cm³/mol. The second kappa shape index (κ2) is 5.95. The van der Waals surface area contributed by atoms with Crippen molar-refractivity contribution < 1.29 is 14.8 Å². The molecule has 0 saturated carbocycles. The topological polar surface area (TPSA) is 105 Å². The largest absolute Gasteiger partial charge is 0.481 e. The van der Waals surface area contributed by atoms with Crippen LogP contribution in [0.5, 0.6) is 0 Å². The van der Waals surface area contributed by atoms with Crippen LogP contribution >= 0.6 is 0 Å². The molecule has 2 N–H and O–H groups in total. The van der Waals surface area contributed by atoms with Crippen molar-refractivity contribution in [1.82, 2.24) is 4.98 Å². The molecule has 0 radical (unpaired) electrons. The van der Waals surface area contributed by atoms with Crippen LogP contribution < -0.4 is 5.32 Å². The van der Waals surface area contributed by atoms with Gasteiger partial charge in [0, 0.05) is 19.0 Å². The molecule has 7 heteroatoms. The summed E-state index contributed by atoms with van der Waals surface area (Å²) in [5.74, 6) is -0.382. The van der Waals surface area contributed by atoms with Gasteiger partial charge in [-0.25, -0.2) is 4.98 Å². The molecular formula is C11H15N3O4. The normalized spacial score (nSPS) is 11.9. The average Bonchev–Trinajstić information content (AvgIpc) is 2.25. The maximum Gasteiger partial charge on any atom is 0.303 e. The van der Waals surface area contributed by atoms with Gasteiger partial charge in [0.2, 0.25) is 0 Å². The molecule has 0 spiro atoms. The van der Waals surface area contributed by atoms with Crippen LogP contribution in [0.15, 0.2) is 12.1 Å². The lowest BCUT2D eigenvalue weighted by Crippen LogP contribution is -2.15. The first-order valence-electron chi connectivity index (χ1n) is 5.48. The number of carbonyl (C=O) groups is 1. The SMILES string of the molecule is Cc1nc(NCC(C)CC(=O)O)ccc1[N+](=O)[O-]. The zero-order chi connectivity index (χ0) is 13.7. The van der Waals surface area contributed by atoms with Crippen LogP contribution in [0.2, 0.25) is 0 Å². The minimum Gasteiger partial charge on any atom is -0.481 e. The van der Waals surface area contributed by atoms with E-state index >= 15 is 0 Å². The first-order chi connectivity index (χ1) is 8.40. The Kier molecular flexibility index (Phi) is 4.59. The number of anilines is 1. The number of nitro groups is 1. The Morgan fingerprint density at radius 2 is 2.28 bits per heavy atom. The number of aliphatic carboxylic acids is 1. The smallest absolute Gasteiger partial charge is 0.303 e. The van der Waals surface area contributed by atoms with Gasteiger partial charge in [-0.15, -0.1) is 0 Å². The molecule has 1 rings (SSSR count). The Morgan fingerprint density at radius 3 is 2.78 bits per heavy atom. The molecule has 0 bridgehead atoms. The number of aromatic nitrogens is 1. The zero-order valence-corrected chi connectivity index (χ0v) is 10.2. The number of nitrogens with zero attached hydrogens (tertiary/aromatic N) is 2. The number of hydrogen-bond donors (Lipinski definition) is 2. The summed E-state index contributed by atoms with van der Waals surface area (Å²) in [7, 11) is 0. The third-order valence-corrected chi connectivity index (χ3v) is 2.41. The first kappa shape index (κ1) is 13.9. The van der Waals surface area contributed by atoms with E-state index in [1.54, 1.807) is 13.8 Å². The monoisotopic (exact) mass is 253 g/mol. The molecule has 0 aliphatic heterocycles. The fourth-order valence-corrected chi connectivity index (χ4v) is 1.49. The van der Waals surface area contributed by atoms with Crippen molar-refractivity contribution in [3.63, 3.8) is 0 Å². The molecule has 0 aliphatic rings. The molecule has 0 saturated heterocycles. The van der Waals surface area contributed by atoms with Crippen LogP contribution in [0.25, 0.3) is 0 Å². The van der Waals surface area contributed by atoms with Crippen LogP contribution in [0.1, 0.15) is 19.0 Å². The number of nitrogens with one attached hydrogen (secondary N) is 1. The van der Waals surface area contributed by atoms with Crippen molar-refractivity contribution in [3.8, 4) is 0 Å². The number of aryl methyl sites for hydroxylation is 1. The second-order valence-electron chi connectivity index (χ2n) is 4.14. The van der Waals surface area contributed by atoms with Crippen molar-refractivity contribution >= 4 is 17.5 Å². The van der Waals surface area contributed by atoms with Crippen molar-refractivity contribution in [1.29, 1.82) is 0 Å². The quantitative estimate of drug-likeness (QED) is 0.591. The third-order valence-electron chi connectivity index (χ3n) is 2.41. The Labute approximate surface area is 104 Å². The molecule has 1 unspecified atom stereocenters. The van der Waals surface area contributed by atoms with Gasteiger partial charge in [0.15, 0.2) is 0 Å². The fourth-order valence-electron chi connectivity index (χ4n) is 1.49. The molecular weight excluding hydrogens is 238 g/mol. The molecule has 7 nitrogen and oxygen atoms in total. The van der Waals surface area contributed by atoms with Gasteiger partial charge in [-0.3, -0.25) is 14.9 Å². The molecule has 0 fully saturated rings. The maximum atomic E-state index is 10.6. The highest BCUT2D eigenvalue weighted by Gasteiger charge is 2.12. The summed E-state index contributed by atoms with van der Waals surface area (Å²) in [6.45, 7) is 3.82. The van der Waals surface area contributed by atoms with Gasteiger partial charge in [-0.05, 0) is 18.9 Å². The van der Waals surface area contributed by atoms with Crippen molar-refractivity contribution in [2.24, 2.45) is 5.92 Å². The first-order valence-corrected chi connectivity index (χ1v) is 5.48. The van der Waals surface area contributed by atoms with E-state index < -0.39 is 10.9 Å². The minimum absolute atomic E-state index is 0.0286. The van der Waals surface area contributed by atoms with Crippen molar-refractivity contribution in [2.75, 3.05) is 11.9 Å². The van der Waals surface area contributed by atoms with Gasteiger partial charge in [-0.2, -0.15) is 0 Å². The van der Waals surface area contributed by atoms with Crippen molar-refractivity contribution in [3.05, 3.63) is 27.9 Å². The Balaban J connectivity index is 2.61. The highest BCUT2D eigenvalue weighted by molar-refractivity contribution is 5.67. The summed E-state index contributed by atoms with van der Waals surface area (Å²) < 4.78 is 0. The molecule has 1 aromatic rings. The van der Waals surface area contributed by atoms with Crippen LogP contribution in [-0.2, 0) is 4.79 Å². The van der Waals surface area contributed by atoms with E-state index in [0.29, 0.717) is 18.1 Å². The van der Waals surface area contributed by atoms with Crippen LogP contribution in [0.3, 0.4) is 0 Å². The molecule has 18 heavy (non-hydrogen) atoms. The van der Waals surface area contributed by atoms with E-state index in [0.717, 1.165) is 0 Å². The number of carboxylic acid groups (broad SMARTS) is 1. The van der Waals surface area contributed by atoms with E-state index in [4.69, 9.17) is 5.11 Å². The highest BCUT2D eigenvalue weighted by atomic mass is 16.6. The van der Waals surface area contributed by atoms with Crippen LogP contribution in [0, 0.1) is 23.0 Å². The zero-order valence-electron chi connectivity index (χ0n) is 10.2. The summed E-state index contributed by atoms with van der Waals surface area (Å²) >= 11 is 0. The Morgan fingerprint density at radius 1 is 1.61 bits per heavy atom. The maximum absolute atomic E-state index is 10.6.